The van der Waals surface area contributed by atoms with Crippen LogP contribution < -0.4 is 15.4 Å². The monoisotopic (exact) mass is 340 g/mol. The van der Waals surface area contributed by atoms with Crippen LogP contribution in [0.4, 0.5) is 16.5 Å². The number of nitrogens with one attached hydrogen (secondary N) is 2. The second-order valence-electron chi connectivity index (χ2n) is 4.99. The highest BCUT2D eigenvalue weighted by molar-refractivity contribution is 7.15. The second kappa shape index (κ2) is 7.56. The highest BCUT2D eigenvalue weighted by Gasteiger charge is 2.05. The predicted molar refractivity (Wildman–Crippen MR) is 94.7 cm³/mol. The van der Waals surface area contributed by atoms with Crippen molar-refractivity contribution in [3.05, 3.63) is 59.6 Å². The molecule has 3 rings (SSSR count). The maximum absolute atomic E-state index is 11.0. The van der Waals surface area contributed by atoms with Crippen molar-refractivity contribution in [3.63, 3.8) is 0 Å². The van der Waals surface area contributed by atoms with Crippen molar-refractivity contribution in [2.24, 2.45) is 0 Å². The number of anilines is 3. The number of ether oxygens (including phenoxy) is 1. The summed E-state index contributed by atoms with van der Waals surface area (Å²) in [5.74, 6) is 0.604. The fourth-order valence-electron chi connectivity index (χ4n) is 1.99. The van der Waals surface area contributed by atoms with E-state index in [1.54, 1.807) is 24.3 Å². The molecule has 3 aromatic rings. The Morgan fingerprint density at radius 3 is 2.50 bits per heavy atom. The van der Waals surface area contributed by atoms with Crippen molar-refractivity contribution in [2.75, 3.05) is 10.6 Å². The molecule has 0 spiro atoms. The molecule has 2 N–H and O–H groups in total. The Labute approximate surface area is 143 Å². The Kier molecular flexibility index (Phi) is 5.02. The molecule has 0 aliphatic carbocycles. The molecule has 0 aliphatic rings. The van der Waals surface area contributed by atoms with Gasteiger partial charge in [0.05, 0.1) is 0 Å². The molecule has 1 aromatic heterocycles. The summed E-state index contributed by atoms with van der Waals surface area (Å²) in [6, 6.07) is 17.0. The molecular weight excluding hydrogens is 324 g/mol. The summed E-state index contributed by atoms with van der Waals surface area (Å²) in [6.45, 7) is 1.81. The Bertz CT molecular complexity index is 803. The van der Waals surface area contributed by atoms with Gasteiger partial charge >= 0.3 is 0 Å². The summed E-state index contributed by atoms with van der Waals surface area (Å²) < 4.78 is 5.68. The molecule has 122 valence electrons. The zero-order valence-electron chi connectivity index (χ0n) is 13.0. The lowest BCUT2D eigenvalue weighted by Gasteiger charge is -2.05. The molecule has 24 heavy (non-hydrogen) atoms. The number of carbonyl (C=O) groups is 1. The molecule has 1 amide bonds. The summed E-state index contributed by atoms with van der Waals surface area (Å²) in [5.41, 5.74) is 1.70. The molecule has 2 aromatic carbocycles. The molecule has 0 aliphatic heterocycles. The zero-order chi connectivity index (χ0) is 16.8. The van der Waals surface area contributed by atoms with Crippen LogP contribution in [0, 0.1) is 0 Å². The van der Waals surface area contributed by atoms with Crippen molar-refractivity contribution >= 4 is 33.8 Å². The first-order chi connectivity index (χ1) is 11.7. The van der Waals surface area contributed by atoms with Crippen molar-refractivity contribution in [3.8, 4) is 5.75 Å². The van der Waals surface area contributed by atoms with Gasteiger partial charge in [0.2, 0.25) is 11.0 Å². The fraction of sp³-hybridized carbons (Fsp3) is 0.118. The Hall–Kier alpha value is -2.93. The summed E-state index contributed by atoms with van der Waals surface area (Å²) in [6.07, 6.45) is 0. The number of aromatic nitrogens is 2. The van der Waals surface area contributed by atoms with Crippen LogP contribution in [0.1, 0.15) is 11.9 Å². The molecule has 0 atom stereocenters. The molecular formula is C17H16N4O2S. The predicted octanol–water partition coefficient (Wildman–Crippen LogP) is 3.82. The topological polar surface area (TPSA) is 76.1 Å². The second-order valence-corrected chi connectivity index (χ2v) is 6.05. The van der Waals surface area contributed by atoms with E-state index < -0.39 is 0 Å². The number of carbonyl (C=O) groups excluding carboxylic acids is 1. The Morgan fingerprint density at radius 2 is 1.79 bits per heavy atom. The van der Waals surface area contributed by atoms with E-state index in [9.17, 15) is 4.79 Å². The average molecular weight is 340 g/mol. The van der Waals surface area contributed by atoms with E-state index in [2.05, 4.69) is 20.8 Å². The van der Waals surface area contributed by atoms with Crippen LogP contribution in [0.2, 0.25) is 0 Å². The minimum atomic E-state index is -0.101. The van der Waals surface area contributed by atoms with Crippen LogP contribution in [0.25, 0.3) is 0 Å². The first-order valence-electron chi connectivity index (χ1n) is 7.34. The van der Waals surface area contributed by atoms with E-state index in [0.29, 0.717) is 12.4 Å². The number of rotatable bonds is 6. The number of amides is 1. The molecule has 0 radical (unpaired) electrons. The van der Waals surface area contributed by atoms with Gasteiger partial charge in [-0.3, -0.25) is 4.79 Å². The van der Waals surface area contributed by atoms with Crippen LogP contribution >= 0.6 is 11.3 Å². The summed E-state index contributed by atoms with van der Waals surface area (Å²) in [4.78, 5) is 11.0. The third-order valence-electron chi connectivity index (χ3n) is 3.03. The quantitative estimate of drug-likeness (QED) is 0.713. The molecule has 7 heteroatoms. The van der Waals surface area contributed by atoms with E-state index in [1.165, 1.54) is 18.3 Å². The van der Waals surface area contributed by atoms with Gasteiger partial charge in [-0.1, -0.05) is 29.5 Å². The normalized spacial score (nSPS) is 10.2. The molecule has 0 fully saturated rings. The third kappa shape index (κ3) is 4.53. The van der Waals surface area contributed by atoms with Crippen LogP contribution in [0.15, 0.2) is 54.6 Å². The average Bonchev–Trinajstić information content (AvgIpc) is 3.02. The van der Waals surface area contributed by atoms with E-state index >= 15 is 0 Å². The van der Waals surface area contributed by atoms with Gasteiger partial charge in [0.1, 0.15) is 12.4 Å². The fourth-order valence-corrected chi connectivity index (χ4v) is 2.66. The van der Waals surface area contributed by atoms with Crippen LogP contribution in [0.5, 0.6) is 5.75 Å². The van der Waals surface area contributed by atoms with E-state index in [4.69, 9.17) is 4.74 Å². The molecule has 1 heterocycles. The van der Waals surface area contributed by atoms with Gasteiger partial charge in [0, 0.05) is 18.3 Å². The van der Waals surface area contributed by atoms with Crippen LogP contribution in [-0.4, -0.2) is 16.1 Å². The highest BCUT2D eigenvalue weighted by atomic mass is 32.1. The number of hydrogen-bond acceptors (Lipinski definition) is 6. The SMILES string of the molecule is CC(=O)Nc1ccc(OCc2nnc(Nc3ccccc3)s2)cc1. The van der Waals surface area contributed by atoms with Crippen LogP contribution in [0.3, 0.4) is 0 Å². The zero-order valence-corrected chi connectivity index (χ0v) is 13.8. The lowest BCUT2D eigenvalue weighted by atomic mass is 10.3. The molecule has 0 saturated heterocycles. The van der Waals surface area contributed by atoms with Crippen molar-refractivity contribution in [1.82, 2.24) is 10.2 Å². The maximum atomic E-state index is 11.0. The smallest absolute Gasteiger partial charge is 0.221 e. The number of nitrogens with zero attached hydrogens (tertiary/aromatic N) is 2. The summed E-state index contributed by atoms with van der Waals surface area (Å²) in [5, 5.41) is 15.6. The summed E-state index contributed by atoms with van der Waals surface area (Å²) >= 11 is 1.44. The Balaban J connectivity index is 1.54. The minimum absolute atomic E-state index is 0.101. The van der Waals surface area contributed by atoms with Gasteiger partial charge in [-0.2, -0.15) is 0 Å². The first kappa shape index (κ1) is 15.9. The lowest BCUT2D eigenvalue weighted by molar-refractivity contribution is -0.114. The number of benzene rings is 2. The molecule has 6 nitrogen and oxygen atoms in total. The van der Waals surface area contributed by atoms with Crippen LogP contribution in [-0.2, 0) is 11.4 Å². The van der Waals surface area contributed by atoms with Gasteiger partial charge in [0.15, 0.2) is 5.01 Å². The minimum Gasteiger partial charge on any atom is -0.486 e. The lowest BCUT2D eigenvalue weighted by Crippen LogP contribution is -2.05. The molecule has 0 bridgehead atoms. The summed E-state index contributed by atoms with van der Waals surface area (Å²) in [7, 11) is 0. The molecule has 0 saturated carbocycles. The van der Waals surface area contributed by atoms with Crippen molar-refractivity contribution in [1.29, 1.82) is 0 Å². The standard InChI is InChI=1S/C17H16N4O2S/c1-12(22)18-14-7-9-15(10-8-14)23-11-16-20-21-17(24-16)19-13-5-3-2-4-6-13/h2-10H,11H2,1H3,(H,18,22)(H,19,21). The van der Waals surface area contributed by atoms with Gasteiger partial charge in [-0.05, 0) is 36.4 Å². The Morgan fingerprint density at radius 1 is 1.04 bits per heavy atom. The number of para-hydroxylation sites is 1. The highest BCUT2D eigenvalue weighted by Crippen LogP contribution is 2.22. The van der Waals surface area contributed by atoms with Gasteiger partial charge < -0.3 is 15.4 Å². The maximum Gasteiger partial charge on any atom is 0.221 e. The van der Waals surface area contributed by atoms with E-state index in [0.717, 1.165) is 21.5 Å². The van der Waals surface area contributed by atoms with Crippen molar-refractivity contribution < 1.29 is 9.53 Å². The largest absolute Gasteiger partial charge is 0.486 e. The van der Waals surface area contributed by atoms with Gasteiger partial charge in [0.25, 0.3) is 0 Å². The van der Waals surface area contributed by atoms with E-state index in [-0.39, 0.29) is 5.91 Å². The van der Waals surface area contributed by atoms with Crippen molar-refractivity contribution in [2.45, 2.75) is 13.5 Å². The number of hydrogen-bond donors (Lipinski definition) is 2. The van der Waals surface area contributed by atoms with Gasteiger partial charge in [-0.15, -0.1) is 10.2 Å². The third-order valence-corrected chi connectivity index (χ3v) is 3.84. The van der Waals surface area contributed by atoms with E-state index in [1.807, 2.05) is 30.3 Å². The first-order valence-corrected chi connectivity index (χ1v) is 8.15. The van der Waals surface area contributed by atoms with Gasteiger partial charge in [-0.25, -0.2) is 0 Å². The molecule has 0 unspecified atom stereocenters.